The second-order valence-electron chi connectivity index (χ2n) is 6.41. The summed E-state index contributed by atoms with van der Waals surface area (Å²) >= 11 is 6.70. The Morgan fingerprint density at radius 2 is 1.79 bits per heavy atom. The number of nitrogens with zero attached hydrogens (tertiary/aromatic N) is 3. The average Bonchev–Trinajstić information content (AvgIpc) is 3.29. The Hall–Kier alpha value is -2.74. The minimum absolute atomic E-state index is 0.0940. The van der Waals surface area contributed by atoms with Gasteiger partial charge in [0.15, 0.2) is 0 Å². The minimum atomic E-state index is -0.0940. The van der Waals surface area contributed by atoms with Crippen molar-refractivity contribution >= 4 is 40.3 Å². The molecule has 0 bridgehead atoms. The number of para-hydroxylation sites is 1. The number of ether oxygens (including phenoxy) is 1. The first kappa shape index (κ1) is 19.6. The van der Waals surface area contributed by atoms with E-state index in [9.17, 15) is 4.79 Å². The Labute approximate surface area is 179 Å². The molecular weight excluding hydrogens is 402 g/mol. The molecule has 1 amide bonds. The summed E-state index contributed by atoms with van der Waals surface area (Å²) in [6.07, 6.45) is 3.82. The largest absolute Gasteiger partial charge is 0.383 e. The van der Waals surface area contributed by atoms with Crippen molar-refractivity contribution in [1.29, 1.82) is 0 Å². The first-order chi connectivity index (χ1) is 14.2. The second-order valence-corrected chi connectivity index (χ2v) is 8.08. The van der Waals surface area contributed by atoms with Crippen molar-refractivity contribution in [2.75, 3.05) is 20.3 Å². The van der Waals surface area contributed by atoms with Crippen LogP contribution in [0.15, 0.2) is 71.8 Å². The van der Waals surface area contributed by atoms with Gasteiger partial charge in [-0.05, 0) is 18.2 Å². The summed E-state index contributed by atoms with van der Waals surface area (Å²) in [5.74, 6) is -0.0940. The molecule has 0 saturated carbocycles. The van der Waals surface area contributed by atoms with Crippen LogP contribution in [0, 0.1) is 0 Å². The number of carbonyl (C=O) groups is 1. The first-order valence-corrected chi connectivity index (χ1v) is 10.3. The molecule has 0 atom stereocenters. The highest BCUT2D eigenvalue weighted by Crippen LogP contribution is 2.34. The quantitative estimate of drug-likeness (QED) is 0.436. The van der Waals surface area contributed by atoms with E-state index in [-0.39, 0.29) is 5.91 Å². The van der Waals surface area contributed by atoms with E-state index < -0.39 is 0 Å². The van der Waals surface area contributed by atoms with Crippen LogP contribution in [0.3, 0.4) is 0 Å². The molecule has 3 aromatic rings. The van der Waals surface area contributed by atoms with Crippen LogP contribution in [0.1, 0.15) is 5.56 Å². The highest BCUT2D eigenvalue weighted by Gasteiger charge is 2.32. The van der Waals surface area contributed by atoms with Gasteiger partial charge in [0.1, 0.15) is 4.32 Å². The lowest BCUT2D eigenvalue weighted by molar-refractivity contribution is -0.122. The van der Waals surface area contributed by atoms with Gasteiger partial charge in [-0.25, -0.2) is 4.68 Å². The molecule has 1 aliphatic rings. The maximum absolute atomic E-state index is 12.8. The van der Waals surface area contributed by atoms with E-state index in [2.05, 4.69) is 0 Å². The summed E-state index contributed by atoms with van der Waals surface area (Å²) in [6, 6.07) is 19.9. The van der Waals surface area contributed by atoms with Gasteiger partial charge in [-0.1, -0.05) is 72.5 Å². The number of hydrogen-bond acceptors (Lipinski definition) is 5. The number of rotatable bonds is 6. The van der Waals surface area contributed by atoms with Gasteiger partial charge in [-0.3, -0.25) is 9.69 Å². The van der Waals surface area contributed by atoms with Gasteiger partial charge in [-0.15, -0.1) is 0 Å². The van der Waals surface area contributed by atoms with E-state index in [4.69, 9.17) is 22.1 Å². The minimum Gasteiger partial charge on any atom is -0.383 e. The number of aromatic nitrogens is 2. The van der Waals surface area contributed by atoms with Gasteiger partial charge in [0.05, 0.1) is 29.4 Å². The molecule has 1 fully saturated rings. The van der Waals surface area contributed by atoms with E-state index >= 15 is 0 Å². The zero-order chi connectivity index (χ0) is 20.2. The highest BCUT2D eigenvalue weighted by molar-refractivity contribution is 8.26. The van der Waals surface area contributed by atoms with Crippen LogP contribution in [0.4, 0.5) is 0 Å². The molecule has 4 rings (SSSR count). The van der Waals surface area contributed by atoms with E-state index in [1.807, 2.05) is 77.6 Å². The monoisotopic (exact) mass is 421 g/mol. The Balaban J connectivity index is 1.75. The fourth-order valence-corrected chi connectivity index (χ4v) is 4.34. The SMILES string of the molecule is COCCN1C(=O)C(=Cc2cn(-c3ccccc3)nc2-c2ccccc2)SC1=S. The molecule has 0 aliphatic carbocycles. The van der Waals surface area contributed by atoms with Crippen LogP contribution in [0.5, 0.6) is 0 Å². The molecule has 0 unspecified atom stereocenters. The summed E-state index contributed by atoms with van der Waals surface area (Å²) < 4.78 is 7.47. The molecule has 1 aliphatic heterocycles. The van der Waals surface area contributed by atoms with Gasteiger partial charge < -0.3 is 4.74 Å². The molecule has 1 saturated heterocycles. The molecule has 29 heavy (non-hydrogen) atoms. The first-order valence-electron chi connectivity index (χ1n) is 9.12. The van der Waals surface area contributed by atoms with Crippen molar-refractivity contribution in [3.05, 3.63) is 77.3 Å². The third-order valence-electron chi connectivity index (χ3n) is 4.49. The van der Waals surface area contributed by atoms with Crippen LogP contribution in [0.2, 0.25) is 0 Å². The topological polar surface area (TPSA) is 47.4 Å². The third-order valence-corrected chi connectivity index (χ3v) is 5.87. The summed E-state index contributed by atoms with van der Waals surface area (Å²) in [7, 11) is 1.61. The van der Waals surface area contributed by atoms with E-state index in [0.29, 0.717) is 22.4 Å². The molecule has 0 radical (unpaired) electrons. The third kappa shape index (κ3) is 4.17. The highest BCUT2D eigenvalue weighted by atomic mass is 32.2. The predicted octanol–water partition coefficient (Wildman–Crippen LogP) is 4.39. The van der Waals surface area contributed by atoms with Gasteiger partial charge in [0.2, 0.25) is 0 Å². The van der Waals surface area contributed by atoms with Crippen LogP contribution < -0.4 is 0 Å². The molecule has 146 valence electrons. The van der Waals surface area contributed by atoms with E-state index in [1.165, 1.54) is 11.8 Å². The summed E-state index contributed by atoms with van der Waals surface area (Å²) in [5, 5.41) is 4.79. The molecule has 7 heteroatoms. The van der Waals surface area contributed by atoms with Gasteiger partial charge in [0, 0.05) is 24.4 Å². The molecular formula is C22H19N3O2S2. The molecule has 1 aromatic heterocycles. The molecule has 2 aromatic carbocycles. The Morgan fingerprint density at radius 1 is 1.10 bits per heavy atom. The van der Waals surface area contributed by atoms with E-state index in [1.54, 1.807) is 12.0 Å². The van der Waals surface area contributed by atoms with Crippen molar-refractivity contribution in [1.82, 2.24) is 14.7 Å². The Morgan fingerprint density at radius 3 is 2.48 bits per heavy atom. The number of thioether (sulfide) groups is 1. The fraction of sp³-hybridized carbons (Fsp3) is 0.136. The van der Waals surface area contributed by atoms with Crippen molar-refractivity contribution in [3.63, 3.8) is 0 Å². The van der Waals surface area contributed by atoms with Crippen molar-refractivity contribution < 1.29 is 9.53 Å². The van der Waals surface area contributed by atoms with Gasteiger partial charge in [-0.2, -0.15) is 5.10 Å². The number of amides is 1. The number of benzene rings is 2. The molecule has 0 N–H and O–H groups in total. The fourth-order valence-electron chi connectivity index (χ4n) is 3.04. The van der Waals surface area contributed by atoms with Crippen LogP contribution >= 0.6 is 24.0 Å². The summed E-state index contributed by atoms with van der Waals surface area (Å²) in [6.45, 7) is 0.897. The molecule has 0 spiro atoms. The number of hydrogen-bond donors (Lipinski definition) is 0. The average molecular weight is 422 g/mol. The summed E-state index contributed by atoms with van der Waals surface area (Å²) in [4.78, 5) is 15.0. The predicted molar refractivity (Wildman–Crippen MR) is 121 cm³/mol. The van der Waals surface area contributed by atoms with Crippen molar-refractivity contribution in [2.24, 2.45) is 0 Å². The maximum atomic E-state index is 12.8. The zero-order valence-corrected chi connectivity index (χ0v) is 17.5. The molecule has 2 heterocycles. The molecule has 5 nitrogen and oxygen atoms in total. The van der Waals surface area contributed by atoms with Crippen molar-refractivity contribution in [3.8, 4) is 16.9 Å². The van der Waals surface area contributed by atoms with Crippen LogP contribution in [-0.2, 0) is 9.53 Å². The lowest BCUT2D eigenvalue weighted by Crippen LogP contribution is -2.31. The standard InChI is InChI=1S/C22H19N3O2S2/c1-27-13-12-24-21(26)19(29-22(24)28)14-17-15-25(18-10-6-3-7-11-18)23-20(17)16-8-4-2-5-9-16/h2-11,14-15H,12-13H2,1H3. The van der Waals surface area contributed by atoms with Gasteiger partial charge >= 0.3 is 0 Å². The lowest BCUT2D eigenvalue weighted by Gasteiger charge is -2.12. The summed E-state index contributed by atoms with van der Waals surface area (Å²) in [5.41, 5.74) is 3.63. The zero-order valence-electron chi connectivity index (χ0n) is 15.8. The van der Waals surface area contributed by atoms with Crippen molar-refractivity contribution in [2.45, 2.75) is 0 Å². The number of methoxy groups -OCH3 is 1. The van der Waals surface area contributed by atoms with E-state index in [0.717, 1.165) is 22.5 Å². The van der Waals surface area contributed by atoms with Gasteiger partial charge in [0.25, 0.3) is 5.91 Å². The Kier molecular flexibility index (Phi) is 5.89. The van der Waals surface area contributed by atoms with Crippen LogP contribution in [-0.4, -0.2) is 45.2 Å². The van der Waals surface area contributed by atoms with Crippen LogP contribution in [0.25, 0.3) is 23.0 Å². The number of carbonyl (C=O) groups excluding carboxylic acids is 1. The normalized spacial score (nSPS) is 15.5. The number of thiocarbonyl (C=S) groups is 1. The second kappa shape index (κ2) is 8.73. The smallest absolute Gasteiger partial charge is 0.266 e. The lowest BCUT2D eigenvalue weighted by atomic mass is 10.1. The Bertz CT molecular complexity index is 1060. The maximum Gasteiger partial charge on any atom is 0.266 e.